The van der Waals surface area contributed by atoms with Crippen molar-refractivity contribution < 1.29 is 0 Å². The number of piperidine rings is 1. The van der Waals surface area contributed by atoms with Gasteiger partial charge in [0.1, 0.15) is 11.8 Å². The van der Waals surface area contributed by atoms with Crippen molar-refractivity contribution in [2.24, 2.45) is 0 Å². The molecule has 230 valence electrons. The van der Waals surface area contributed by atoms with Gasteiger partial charge in [-0.15, -0.1) is 5.10 Å². The van der Waals surface area contributed by atoms with E-state index < -0.39 is 0 Å². The lowest BCUT2D eigenvalue weighted by molar-refractivity contribution is 0.0866. The molecule has 8 nitrogen and oxygen atoms in total. The van der Waals surface area contributed by atoms with E-state index in [9.17, 15) is 5.26 Å². The summed E-state index contributed by atoms with van der Waals surface area (Å²) in [4.78, 5) is 7.21. The SMILES string of the molecule is CC(C)(C)N1CCC(n2cc([C@@H](Nc3cc(Cl)cc4c(Nc5ccccc5Cl)c(C#N)cnc34)c3ccc(Cl)cc3)nn2)CC1. The molecule has 0 aliphatic carbocycles. The molecule has 3 heterocycles. The fourth-order valence-corrected chi connectivity index (χ4v) is 6.36. The highest BCUT2D eigenvalue weighted by atomic mass is 35.5. The molecule has 1 aliphatic heterocycles. The van der Waals surface area contributed by atoms with E-state index in [1.165, 1.54) is 0 Å². The monoisotopic (exact) mass is 658 g/mol. The molecule has 3 aromatic carbocycles. The number of fused-ring (bicyclic) bond motifs is 1. The third kappa shape index (κ3) is 6.73. The highest BCUT2D eigenvalue weighted by Crippen LogP contribution is 2.38. The van der Waals surface area contributed by atoms with Crippen LogP contribution in [0.5, 0.6) is 0 Å². The number of hydrogen-bond donors (Lipinski definition) is 2. The van der Waals surface area contributed by atoms with Crippen molar-refractivity contribution in [2.45, 2.75) is 51.2 Å². The molecule has 0 amide bonds. The number of pyridine rings is 1. The van der Waals surface area contributed by atoms with Crippen molar-refractivity contribution >= 4 is 62.8 Å². The quantitative estimate of drug-likeness (QED) is 0.180. The van der Waals surface area contributed by atoms with E-state index in [1.54, 1.807) is 18.3 Å². The van der Waals surface area contributed by atoms with Gasteiger partial charge in [0, 0.05) is 40.3 Å². The largest absolute Gasteiger partial charge is 0.371 e. The minimum Gasteiger partial charge on any atom is -0.371 e. The maximum atomic E-state index is 9.95. The number of anilines is 3. The molecule has 11 heteroatoms. The summed E-state index contributed by atoms with van der Waals surface area (Å²) in [5.74, 6) is 0. The molecular formula is C34H33Cl3N8. The predicted octanol–water partition coefficient (Wildman–Crippen LogP) is 9.04. The normalized spacial score (nSPS) is 15.1. The number of nitrogens with zero attached hydrogens (tertiary/aromatic N) is 6. The highest BCUT2D eigenvalue weighted by molar-refractivity contribution is 6.33. The van der Waals surface area contributed by atoms with Crippen LogP contribution in [0.4, 0.5) is 17.1 Å². The summed E-state index contributed by atoms with van der Waals surface area (Å²) in [5.41, 5.74) is 4.76. The van der Waals surface area contributed by atoms with Gasteiger partial charge in [-0.2, -0.15) is 5.26 Å². The first-order chi connectivity index (χ1) is 21.6. The van der Waals surface area contributed by atoms with E-state index in [2.05, 4.69) is 52.7 Å². The van der Waals surface area contributed by atoms with Gasteiger partial charge in [-0.05, 0) is 75.6 Å². The van der Waals surface area contributed by atoms with Crippen molar-refractivity contribution in [2.75, 3.05) is 23.7 Å². The Morgan fingerprint density at radius 1 is 0.956 bits per heavy atom. The van der Waals surface area contributed by atoms with Gasteiger partial charge >= 0.3 is 0 Å². The van der Waals surface area contributed by atoms with Gasteiger partial charge in [-0.25, -0.2) is 4.68 Å². The Balaban J connectivity index is 1.38. The van der Waals surface area contributed by atoms with Crippen LogP contribution in [0.25, 0.3) is 10.9 Å². The number of likely N-dealkylation sites (tertiary alicyclic amines) is 1. The number of rotatable bonds is 7. The van der Waals surface area contributed by atoms with Crippen molar-refractivity contribution in [3.05, 3.63) is 105 Å². The van der Waals surface area contributed by atoms with Gasteiger partial charge in [0.05, 0.1) is 51.4 Å². The van der Waals surface area contributed by atoms with Gasteiger partial charge in [-0.3, -0.25) is 9.88 Å². The Bertz CT molecular complexity index is 1870. The molecule has 2 aromatic heterocycles. The molecule has 0 bridgehead atoms. The molecule has 1 aliphatic rings. The van der Waals surface area contributed by atoms with Crippen molar-refractivity contribution in [3.63, 3.8) is 0 Å². The number of halogens is 3. The molecule has 1 saturated heterocycles. The van der Waals surface area contributed by atoms with Crippen molar-refractivity contribution in [3.8, 4) is 6.07 Å². The second kappa shape index (κ2) is 12.9. The van der Waals surface area contributed by atoms with Crippen LogP contribution in [0, 0.1) is 11.3 Å². The van der Waals surface area contributed by atoms with Gasteiger partial charge in [0.2, 0.25) is 0 Å². The van der Waals surface area contributed by atoms with Gasteiger partial charge in [0.15, 0.2) is 0 Å². The van der Waals surface area contributed by atoms with E-state index in [1.807, 2.05) is 59.4 Å². The second-order valence-corrected chi connectivity index (χ2v) is 13.5. The molecule has 0 radical (unpaired) electrons. The van der Waals surface area contributed by atoms with Crippen molar-refractivity contribution in [1.29, 1.82) is 5.26 Å². The summed E-state index contributed by atoms with van der Waals surface area (Å²) in [7, 11) is 0. The van der Waals surface area contributed by atoms with Crippen LogP contribution < -0.4 is 10.6 Å². The number of nitrogens with one attached hydrogen (secondary N) is 2. The Morgan fingerprint density at radius 3 is 2.38 bits per heavy atom. The van der Waals surface area contributed by atoms with E-state index in [0.717, 1.165) is 37.2 Å². The molecule has 0 saturated carbocycles. The predicted molar refractivity (Wildman–Crippen MR) is 183 cm³/mol. The first-order valence-corrected chi connectivity index (χ1v) is 16.0. The van der Waals surface area contributed by atoms with Gasteiger partial charge < -0.3 is 10.6 Å². The fourth-order valence-electron chi connectivity index (χ4n) is 5.84. The standard InChI is InChI=1S/C34H33Cl3N8/c1-34(2,3)44-14-12-25(13-15-44)45-20-30(42-43-45)32(21-8-10-23(35)11-9-21)41-29-17-24(36)16-26-31(22(18-38)19-39-33(26)29)40-28-7-5-4-6-27(28)37/h4-11,16-17,19-20,25,32,41H,12-15H2,1-3H3,(H,39,40)/t32-/m0/s1. The van der Waals surface area contributed by atoms with Crippen LogP contribution in [-0.2, 0) is 0 Å². The molecule has 2 N–H and O–H groups in total. The summed E-state index contributed by atoms with van der Waals surface area (Å²) < 4.78 is 2.00. The smallest absolute Gasteiger partial charge is 0.109 e. The lowest BCUT2D eigenvalue weighted by atomic mass is 9.98. The highest BCUT2D eigenvalue weighted by Gasteiger charge is 2.29. The summed E-state index contributed by atoms with van der Waals surface area (Å²) >= 11 is 19.4. The van der Waals surface area contributed by atoms with Crippen LogP contribution >= 0.6 is 34.8 Å². The van der Waals surface area contributed by atoms with Crippen LogP contribution in [-0.4, -0.2) is 43.5 Å². The molecule has 0 unspecified atom stereocenters. The third-order valence-electron chi connectivity index (χ3n) is 8.30. The van der Waals surface area contributed by atoms with Crippen LogP contribution in [0.1, 0.15) is 62.5 Å². The average molecular weight is 660 g/mol. The minimum atomic E-state index is -0.384. The fraction of sp³-hybridized carbons (Fsp3) is 0.294. The minimum absolute atomic E-state index is 0.145. The number of aromatic nitrogens is 4. The van der Waals surface area contributed by atoms with Crippen LogP contribution in [0.15, 0.2) is 73.1 Å². The van der Waals surface area contributed by atoms with Crippen LogP contribution in [0.2, 0.25) is 15.1 Å². The first-order valence-electron chi connectivity index (χ1n) is 14.8. The Morgan fingerprint density at radius 2 is 1.69 bits per heavy atom. The number of nitriles is 1. The van der Waals surface area contributed by atoms with E-state index in [0.29, 0.717) is 48.6 Å². The molecule has 1 atom stereocenters. The number of para-hydroxylation sites is 1. The summed E-state index contributed by atoms with van der Waals surface area (Å²) in [5, 5.41) is 28.5. The summed E-state index contributed by atoms with van der Waals surface area (Å²) in [6, 6.07) is 20.8. The Kier molecular flexibility index (Phi) is 8.89. The second-order valence-electron chi connectivity index (χ2n) is 12.3. The number of benzene rings is 3. The topological polar surface area (TPSA) is 94.7 Å². The number of hydrogen-bond acceptors (Lipinski definition) is 7. The zero-order valence-electron chi connectivity index (χ0n) is 25.2. The molecule has 1 fully saturated rings. The molecule has 45 heavy (non-hydrogen) atoms. The lowest BCUT2D eigenvalue weighted by Crippen LogP contribution is -2.46. The molecule has 5 aromatic rings. The summed E-state index contributed by atoms with van der Waals surface area (Å²) in [6.45, 7) is 8.80. The average Bonchev–Trinajstić information content (AvgIpc) is 3.51. The Hall–Kier alpha value is -3.87. The van der Waals surface area contributed by atoms with Crippen LogP contribution in [0.3, 0.4) is 0 Å². The van der Waals surface area contributed by atoms with E-state index >= 15 is 0 Å². The van der Waals surface area contributed by atoms with Crippen molar-refractivity contribution in [1.82, 2.24) is 24.9 Å². The third-order valence-corrected chi connectivity index (χ3v) is 9.10. The van der Waals surface area contributed by atoms with Gasteiger partial charge in [-0.1, -0.05) is 64.3 Å². The maximum absolute atomic E-state index is 9.95. The molecule has 0 spiro atoms. The van der Waals surface area contributed by atoms with E-state index in [4.69, 9.17) is 39.8 Å². The zero-order valence-corrected chi connectivity index (χ0v) is 27.5. The summed E-state index contributed by atoms with van der Waals surface area (Å²) in [6.07, 6.45) is 5.59. The van der Waals surface area contributed by atoms with E-state index in [-0.39, 0.29) is 17.6 Å². The maximum Gasteiger partial charge on any atom is 0.109 e. The lowest BCUT2D eigenvalue weighted by Gasteiger charge is -2.40. The Labute approximate surface area is 277 Å². The molecular weight excluding hydrogens is 627 g/mol. The van der Waals surface area contributed by atoms with Gasteiger partial charge in [0.25, 0.3) is 0 Å². The molecule has 6 rings (SSSR count). The first kappa shape index (κ1) is 31.1. The zero-order chi connectivity index (χ0) is 31.7.